The van der Waals surface area contributed by atoms with Gasteiger partial charge in [-0.2, -0.15) is 5.10 Å². The average molecular weight is 537 g/mol. The van der Waals surface area contributed by atoms with E-state index in [-0.39, 0.29) is 29.7 Å². The average Bonchev–Trinajstić information content (AvgIpc) is 3.30. The molecule has 1 aromatic carbocycles. The van der Waals surface area contributed by atoms with Gasteiger partial charge in [-0.25, -0.2) is 0 Å². The minimum absolute atomic E-state index is 0.0401. The van der Waals surface area contributed by atoms with Gasteiger partial charge in [-0.05, 0) is 96.4 Å². The van der Waals surface area contributed by atoms with Crippen molar-refractivity contribution in [2.75, 3.05) is 31.1 Å². The van der Waals surface area contributed by atoms with E-state index in [2.05, 4.69) is 46.3 Å². The van der Waals surface area contributed by atoms with Crippen LogP contribution in [-0.2, 0) is 11.8 Å². The maximum Gasteiger partial charge on any atom is 0.251 e. The van der Waals surface area contributed by atoms with Crippen molar-refractivity contribution < 1.29 is 9.59 Å². The molecule has 2 aliphatic heterocycles. The number of nitrogens with zero attached hydrogens (tertiary/aromatic N) is 4. The van der Waals surface area contributed by atoms with Crippen LogP contribution in [0.25, 0.3) is 10.9 Å². The van der Waals surface area contributed by atoms with E-state index in [0.29, 0.717) is 18.2 Å². The summed E-state index contributed by atoms with van der Waals surface area (Å²) < 4.78 is 1.87. The fourth-order valence-electron chi connectivity index (χ4n) is 7.58. The molecule has 2 saturated heterocycles. The van der Waals surface area contributed by atoms with Crippen LogP contribution in [0.1, 0.15) is 88.1 Å². The standard InChI is InChI=1S/C31H48N6O2/c1-6-37(24-12-10-23(11-13-24)36-14-8-7-9-15-36)29-22(4)25(17-28-27(29)19-33-35(28)5)30(38)32-18-26-20(2)16-21(3)34-31(26)39/h17,19-21,23-24,26H,6-16,18H2,1-5H3,(H,32,38)(H,34,39). The molecule has 8 nitrogen and oxygen atoms in total. The Kier molecular flexibility index (Phi) is 8.50. The molecule has 1 saturated carbocycles. The first-order chi connectivity index (χ1) is 18.8. The van der Waals surface area contributed by atoms with Crippen LogP contribution in [0.5, 0.6) is 0 Å². The molecule has 3 aliphatic rings. The van der Waals surface area contributed by atoms with Crippen LogP contribution < -0.4 is 15.5 Å². The Labute approximate surface area is 233 Å². The molecule has 0 spiro atoms. The van der Waals surface area contributed by atoms with Crippen LogP contribution in [0.2, 0.25) is 0 Å². The summed E-state index contributed by atoms with van der Waals surface area (Å²) >= 11 is 0. The molecular weight excluding hydrogens is 488 g/mol. The Bertz CT molecular complexity index is 1180. The van der Waals surface area contributed by atoms with E-state index in [1.165, 1.54) is 58.0 Å². The van der Waals surface area contributed by atoms with Gasteiger partial charge >= 0.3 is 0 Å². The smallest absolute Gasteiger partial charge is 0.251 e. The third-order valence-corrected chi connectivity index (χ3v) is 9.79. The monoisotopic (exact) mass is 536 g/mol. The number of anilines is 1. The Hall–Kier alpha value is -2.61. The molecule has 3 atom stereocenters. The van der Waals surface area contributed by atoms with Crippen LogP contribution in [0, 0.1) is 18.8 Å². The number of aryl methyl sites for hydroxylation is 1. The third-order valence-electron chi connectivity index (χ3n) is 9.79. The van der Waals surface area contributed by atoms with Gasteiger partial charge in [0.25, 0.3) is 5.91 Å². The molecule has 3 unspecified atom stereocenters. The number of nitrogens with one attached hydrogen (secondary N) is 2. The van der Waals surface area contributed by atoms with Crippen LogP contribution in [0.4, 0.5) is 5.69 Å². The summed E-state index contributed by atoms with van der Waals surface area (Å²) in [5, 5.41) is 11.8. The van der Waals surface area contributed by atoms with E-state index in [4.69, 9.17) is 0 Å². The van der Waals surface area contributed by atoms with E-state index in [9.17, 15) is 9.59 Å². The van der Waals surface area contributed by atoms with Crippen molar-refractivity contribution in [3.8, 4) is 0 Å². The molecular formula is C31H48N6O2. The first kappa shape index (κ1) is 27.9. The number of hydrogen-bond donors (Lipinski definition) is 2. The van der Waals surface area contributed by atoms with Gasteiger partial charge in [0.05, 0.1) is 23.3 Å². The molecule has 0 bridgehead atoms. The predicted octanol–water partition coefficient (Wildman–Crippen LogP) is 4.40. The van der Waals surface area contributed by atoms with E-state index in [1.54, 1.807) is 0 Å². The minimum Gasteiger partial charge on any atom is -0.368 e. The largest absolute Gasteiger partial charge is 0.368 e. The van der Waals surface area contributed by atoms with E-state index >= 15 is 0 Å². The maximum atomic E-state index is 13.6. The minimum atomic E-state index is -0.201. The molecule has 1 aliphatic carbocycles. The molecule has 1 aromatic heterocycles. The van der Waals surface area contributed by atoms with Gasteiger partial charge in [-0.3, -0.25) is 14.3 Å². The Morgan fingerprint density at radius 1 is 1.15 bits per heavy atom. The van der Waals surface area contributed by atoms with Gasteiger partial charge in [0.1, 0.15) is 0 Å². The highest BCUT2D eigenvalue weighted by Crippen LogP contribution is 2.38. The number of rotatable bonds is 7. The summed E-state index contributed by atoms with van der Waals surface area (Å²) in [6.45, 7) is 12.2. The zero-order valence-electron chi connectivity index (χ0n) is 24.6. The van der Waals surface area contributed by atoms with Crippen molar-refractivity contribution in [1.29, 1.82) is 0 Å². The van der Waals surface area contributed by atoms with Gasteiger partial charge in [-0.15, -0.1) is 0 Å². The Morgan fingerprint density at radius 2 is 1.87 bits per heavy atom. The topological polar surface area (TPSA) is 82.5 Å². The molecule has 8 heteroatoms. The Balaban J connectivity index is 1.37. The van der Waals surface area contributed by atoms with Gasteiger partial charge in [0.2, 0.25) is 5.91 Å². The summed E-state index contributed by atoms with van der Waals surface area (Å²) in [7, 11) is 1.94. The summed E-state index contributed by atoms with van der Waals surface area (Å²) in [4.78, 5) is 31.5. The SMILES string of the molecule is CCN(c1c(C)c(C(=O)NCC2C(=O)NC(C)CC2C)cc2c1cnn2C)C1CCC(N2CCCCC2)CC1. The van der Waals surface area contributed by atoms with E-state index in [1.807, 2.05) is 30.9 Å². The lowest BCUT2D eigenvalue weighted by Gasteiger charge is -2.43. The lowest BCUT2D eigenvalue weighted by atomic mass is 9.84. The molecule has 2 aromatic rings. The summed E-state index contributed by atoms with van der Waals surface area (Å²) in [5.41, 5.74) is 3.80. The fourth-order valence-corrected chi connectivity index (χ4v) is 7.58. The van der Waals surface area contributed by atoms with E-state index in [0.717, 1.165) is 41.2 Å². The molecule has 3 fully saturated rings. The van der Waals surface area contributed by atoms with Crippen molar-refractivity contribution in [3.05, 3.63) is 23.4 Å². The number of likely N-dealkylation sites (tertiary alicyclic amines) is 1. The number of amides is 2. The molecule has 3 heterocycles. The van der Waals surface area contributed by atoms with E-state index < -0.39 is 0 Å². The van der Waals surface area contributed by atoms with Crippen molar-refractivity contribution in [2.45, 2.75) is 97.2 Å². The van der Waals surface area contributed by atoms with Gasteiger partial charge in [0, 0.05) is 49.2 Å². The first-order valence-electron chi connectivity index (χ1n) is 15.3. The predicted molar refractivity (Wildman–Crippen MR) is 157 cm³/mol. The van der Waals surface area contributed by atoms with Crippen LogP contribution in [-0.4, -0.2) is 70.8 Å². The highest BCUT2D eigenvalue weighted by atomic mass is 16.2. The highest BCUT2D eigenvalue weighted by Gasteiger charge is 2.34. The summed E-state index contributed by atoms with van der Waals surface area (Å²) in [6, 6.07) is 3.35. The van der Waals surface area contributed by atoms with Gasteiger partial charge < -0.3 is 20.4 Å². The third kappa shape index (κ3) is 5.67. The fraction of sp³-hybridized carbons (Fsp3) is 0.710. The maximum absolute atomic E-state index is 13.6. The second-order valence-corrected chi connectivity index (χ2v) is 12.4. The zero-order chi connectivity index (χ0) is 27.7. The zero-order valence-corrected chi connectivity index (χ0v) is 24.6. The molecule has 5 rings (SSSR count). The number of fused-ring (bicyclic) bond motifs is 1. The number of piperidine rings is 2. The lowest BCUT2D eigenvalue weighted by molar-refractivity contribution is -0.129. The number of aromatic nitrogens is 2. The molecule has 2 N–H and O–H groups in total. The normalized spacial score (nSPS) is 28.3. The van der Waals surface area contributed by atoms with Crippen LogP contribution in [0.15, 0.2) is 12.3 Å². The molecule has 214 valence electrons. The van der Waals surface area contributed by atoms with Crippen molar-refractivity contribution >= 4 is 28.4 Å². The highest BCUT2D eigenvalue weighted by molar-refractivity contribution is 6.05. The second kappa shape index (κ2) is 11.9. The molecule has 2 amide bonds. The van der Waals surface area contributed by atoms with Crippen molar-refractivity contribution in [3.63, 3.8) is 0 Å². The first-order valence-corrected chi connectivity index (χ1v) is 15.3. The number of carbonyl (C=O) groups excluding carboxylic acids is 2. The lowest BCUT2D eigenvalue weighted by Crippen LogP contribution is -2.50. The molecule has 39 heavy (non-hydrogen) atoms. The van der Waals surface area contributed by atoms with Crippen LogP contribution in [0.3, 0.4) is 0 Å². The molecule has 0 radical (unpaired) electrons. The quantitative estimate of drug-likeness (QED) is 0.548. The van der Waals surface area contributed by atoms with Gasteiger partial charge in [-0.1, -0.05) is 13.3 Å². The number of benzene rings is 1. The number of hydrogen-bond acceptors (Lipinski definition) is 5. The summed E-state index contributed by atoms with van der Waals surface area (Å²) in [6.07, 6.45) is 11.8. The second-order valence-electron chi connectivity index (χ2n) is 12.4. The van der Waals surface area contributed by atoms with Crippen LogP contribution >= 0.6 is 0 Å². The Morgan fingerprint density at radius 3 is 2.54 bits per heavy atom. The summed E-state index contributed by atoms with van der Waals surface area (Å²) in [5.74, 6) is -0.0350. The number of carbonyl (C=O) groups is 2. The van der Waals surface area contributed by atoms with Gasteiger partial charge in [0.15, 0.2) is 0 Å². The van der Waals surface area contributed by atoms with Crippen molar-refractivity contribution in [2.24, 2.45) is 18.9 Å². The van der Waals surface area contributed by atoms with Crippen molar-refractivity contribution in [1.82, 2.24) is 25.3 Å².